The summed E-state index contributed by atoms with van der Waals surface area (Å²) in [6.45, 7) is 1.56. The second-order valence-corrected chi connectivity index (χ2v) is 8.38. The highest BCUT2D eigenvalue weighted by Crippen LogP contribution is 2.47. The Hall–Kier alpha value is -2.33. The van der Waals surface area contributed by atoms with Gasteiger partial charge in [-0.1, -0.05) is 11.6 Å². The molecule has 30 heavy (non-hydrogen) atoms. The molecule has 1 N–H and O–H groups in total. The molecule has 0 aliphatic carbocycles. The third-order valence-corrected chi connectivity index (χ3v) is 5.96. The normalized spacial score (nSPS) is 22.9. The molecule has 0 radical (unpaired) electrons. The summed E-state index contributed by atoms with van der Waals surface area (Å²) in [5.74, 6) is -0.232. The standard InChI is InChI=1S/C19H21ClF3N5O2/c1-27-9-12(10-27)8-24-17(29)28-7-6-18(11-28,19(21,22)23)16-26-25-15(30-16)13-2-4-14(20)5-3-13/h2-5,12H,6-11H2,1H3,(H,24,29). The van der Waals surface area contributed by atoms with Crippen LogP contribution in [-0.4, -0.2) is 72.0 Å². The molecule has 3 heterocycles. The van der Waals surface area contributed by atoms with E-state index in [9.17, 15) is 18.0 Å². The summed E-state index contributed by atoms with van der Waals surface area (Å²) in [7, 11) is 1.97. The lowest BCUT2D eigenvalue weighted by molar-refractivity contribution is -0.192. The lowest BCUT2D eigenvalue weighted by atomic mass is 9.86. The summed E-state index contributed by atoms with van der Waals surface area (Å²) in [6, 6.07) is 5.84. The van der Waals surface area contributed by atoms with Crippen molar-refractivity contribution in [2.24, 2.45) is 5.92 Å². The molecule has 2 fully saturated rings. The number of hydrogen-bond acceptors (Lipinski definition) is 5. The van der Waals surface area contributed by atoms with Gasteiger partial charge in [-0.15, -0.1) is 10.2 Å². The Morgan fingerprint density at radius 1 is 1.30 bits per heavy atom. The van der Waals surface area contributed by atoms with E-state index in [0.29, 0.717) is 23.0 Å². The van der Waals surface area contributed by atoms with Gasteiger partial charge in [0.05, 0.1) is 0 Å². The number of hydrogen-bond donors (Lipinski definition) is 1. The molecular formula is C19H21ClF3N5O2. The quantitative estimate of drug-likeness (QED) is 0.785. The maximum atomic E-state index is 14.1. The van der Waals surface area contributed by atoms with E-state index < -0.39 is 30.1 Å². The van der Waals surface area contributed by atoms with Gasteiger partial charge in [-0.2, -0.15) is 13.2 Å². The van der Waals surface area contributed by atoms with Crippen molar-refractivity contribution in [3.05, 3.63) is 35.2 Å². The minimum absolute atomic E-state index is 0.0257. The Bertz CT molecular complexity index is 914. The third-order valence-electron chi connectivity index (χ3n) is 5.71. The second-order valence-electron chi connectivity index (χ2n) is 7.94. The lowest BCUT2D eigenvalue weighted by Crippen LogP contribution is -2.52. The molecule has 1 atom stereocenters. The molecule has 11 heteroatoms. The van der Waals surface area contributed by atoms with Crippen molar-refractivity contribution in [2.45, 2.75) is 18.0 Å². The van der Waals surface area contributed by atoms with Crippen LogP contribution in [0.5, 0.6) is 0 Å². The van der Waals surface area contributed by atoms with E-state index in [0.717, 1.165) is 13.1 Å². The molecule has 1 aromatic carbocycles. The summed E-state index contributed by atoms with van der Waals surface area (Å²) in [5.41, 5.74) is -1.92. The molecule has 2 amide bonds. The molecule has 2 aromatic rings. The largest absolute Gasteiger partial charge is 0.420 e. The number of carbonyl (C=O) groups is 1. The van der Waals surface area contributed by atoms with Crippen molar-refractivity contribution in [2.75, 3.05) is 39.8 Å². The maximum Gasteiger partial charge on any atom is 0.404 e. The molecule has 0 saturated carbocycles. The zero-order valence-electron chi connectivity index (χ0n) is 16.2. The Kier molecular flexibility index (Phi) is 5.39. The first-order valence-electron chi connectivity index (χ1n) is 9.56. The van der Waals surface area contributed by atoms with Gasteiger partial charge >= 0.3 is 12.2 Å². The number of likely N-dealkylation sites (tertiary alicyclic amines) is 2. The van der Waals surface area contributed by atoms with E-state index in [-0.39, 0.29) is 18.9 Å². The van der Waals surface area contributed by atoms with E-state index in [1.54, 1.807) is 24.3 Å². The average molecular weight is 444 g/mol. The monoisotopic (exact) mass is 443 g/mol. The van der Waals surface area contributed by atoms with E-state index in [2.05, 4.69) is 20.4 Å². The molecule has 2 aliphatic rings. The number of nitrogens with zero attached hydrogens (tertiary/aromatic N) is 4. The zero-order valence-corrected chi connectivity index (χ0v) is 17.0. The summed E-state index contributed by atoms with van der Waals surface area (Å²) in [6.07, 6.45) is -4.99. The molecule has 1 aromatic heterocycles. The highest BCUT2D eigenvalue weighted by atomic mass is 35.5. The highest BCUT2D eigenvalue weighted by molar-refractivity contribution is 6.30. The predicted molar refractivity (Wildman–Crippen MR) is 103 cm³/mol. The Morgan fingerprint density at radius 3 is 2.63 bits per heavy atom. The number of carbonyl (C=O) groups excluding carboxylic acids is 1. The molecule has 0 bridgehead atoms. The highest BCUT2D eigenvalue weighted by Gasteiger charge is 2.63. The zero-order chi connectivity index (χ0) is 21.5. The Labute approximate surface area is 176 Å². The van der Waals surface area contributed by atoms with Gasteiger partial charge in [-0.05, 0) is 37.7 Å². The second kappa shape index (κ2) is 7.73. The minimum atomic E-state index is -4.65. The number of urea groups is 1. The SMILES string of the molecule is CN1CC(CNC(=O)N2CCC(c3nnc(-c4ccc(Cl)cc4)o3)(C(F)(F)F)C2)C1. The third kappa shape index (κ3) is 3.85. The van der Waals surface area contributed by atoms with Gasteiger partial charge in [-0.25, -0.2) is 4.79 Å². The number of nitrogens with one attached hydrogen (secondary N) is 1. The fraction of sp³-hybridized carbons (Fsp3) is 0.526. The number of rotatable bonds is 4. The topological polar surface area (TPSA) is 74.5 Å². The van der Waals surface area contributed by atoms with Crippen LogP contribution in [-0.2, 0) is 5.41 Å². The van der Waals surface area contributed by atoms with Crippen LogP contribution in [0.15, 0.2) is 28.7 Å². The van der Waals surface area contributed by atoms with Crippen LogP contribution < -0.4 is 5.32 Å². The molecule has 2 saturated heterocycles. The van der Waals surface area contributed by atoms with Crippen LogP contribution in [0.1, 0.15) is 12.3 Å². The Morgan fingerprint density at radius 2 is 2.00 bits per heavy atom. The van der Waals surface area contributed by atoms with E-state index in [1.165, 1.54) is 4.90 Å². The molecule has 162 valence electrons. The number of benzene rings is 1. The van der Waals surface area contributed by atoms with E-state index in [1.807, 2.05) is 7.05 Å². The average Bonchev–Trinajstić information content (AvgIpc) is 3.32. The van der Waals surface area contributed by atoms with Crippen LogP contribution in [0.25, 0.3) is 11.5 Å². The summed E-state index contributed by atoms with van der Waals surface area (Å²) in [4.78, 5) is 15.7. The summed E-state index contributed by atoms with van der Waals surface area (Å²) in [5, 5.41) is 10.7. The van der Waals surface area contributed by atoms with E-state index in [4.69, 9.17) is 16.0 Å². The molecule has 7 nitrogen and oxygen atoms in total. The number of amides is 2. The minimum Gasteiger partial charge on any atom is -0.420 e. The van der Waals surface area contributed by atoms with Gasteiger partial charge in [-0.3, -0.25) is 0 Å². The van der Waals surface area contributed by atoms with Gasteiger partial charge in [0.2, 0.25) is 11.8 Å². The lowest BCUT2D eigenvalue weighted by Gasteiger charge is -2.36. The molecular weight excluding hydrogens is 423 g/mol. The van der Waals surface area contributed by atoms with Crippen molar-refractivity contribution in [1.29, 1.82) is 0 Å². The van der Waals surface area contributed by atoms with Crippen molar-refractivity contribution >= 4 is 17.6 Å². The maximum absolute atomic E-state index is 14.1. The van der Waals surface area contributed by atoms with Crippen molar-refractivity contribution in [3.63, 3.8) is 0 Å². The van der Waals surface area contributed by atoms with Crippen molar-refractivity contribution < 1.29 is 22.4 Å². The van der Waals surface area contributed by atoms with E-state index >= 15 is 0 Å². The number of halogens is 4. The molecule has 0 spiro atoms. The smallest absolute Gasteiger partial charge is 0.404 e. The molecule has 2 aliphatic heterocycles. The van der Waals surface area contributed by atoms with Gasteiger partial charge in [0.25, 0.3) is 0 Å². The first-order chi connectivity index (χ1) is 14.2. The van der Waals surface area contributed by atoms with Crippen LogP contribution in [0.3, 0.4) is 0 Å². The summed E-state index contributed by atoms with van der Waals surface area (Å²) < 4.78 is 47.8. The first-order valence-corrected chi connectivity index (χ1v) is 9.94. The van der Waals surface area contributed by atoms with Gasteiger partial charge in [0.1, 0.15) is 0 Å². The fourth-order valence-electron chi connectivity index (χ4n) is 3.94. The Balaban J connectivity index is 1.50. The van der Waals surface area contributed by atoms with Crippen molar-refractivity contribution in [1.82, 2.24) is 25.3 Å². The first kappa shape index (κ1) is 20.9. The van der Waals surface area contributed by atoms with Gasteiger partial charge in [0, 0.05) is 49.2 Å². The van der Waals surface area contributed by atoms with Crippen LogP contribution in [0.4, 0.5) is 18.0 Å². The fourth-order valence-corrected chi connectivity index (χ4v) is 4.06. The van der Waals surface area contributed by atoms with Gasteiger partial charge < -0.3 is 19.5 Å². The molecule has 1 unspecified atom stereocenters. The van der Waals surface area contributed by atoms with Crippen LogP contribution >= 0.6 is 11.6 Å². The van der Waals surface area contributed by atoms with Crippen molar-refractivity contribution in [3.8, 4) is 11.5 Å². The molecule has 4 rings (SSSR count). The van der Waals surface area contributed by atoms with Crippen LogP contribution in [0, 0.1) is 5.92 Å². The number of aromatic nitrogens is 2. The predicted octanol–water partition coefficient (Wildman–Crippen LogP) is 3.17. The van der Waals surface area contributed by atoms with Crippen LogP contribution in [0.2, 0.25) is 5.02 Å². The summed E-state index contributed by atoms with van der Waals surface area (Å²) >= 11 is 5.84. The van der Waals surface area contributed by atoms with Gasteiger partial charge in [0.15, 0.2) is 5.41 Å². The number of alkyl halides is 3.